The standard InChI is InChI=1S/C28H35ClN2O5S/c1-4-15-30(20-11-9-19(29)10-12-20)25(34)23-28-14-13-27(3,37-28)22(26(35)36-18-5-2)21(28)24(33)31(23)16-7-6-8-17-32/h4-5,9-12,21-23,32H,1-2,6-8,13-18H2,3H3/t21-,22-,23?,27+,28?/m0/s1. The van der Waals surface area contributed by atoms with Crippen LogP contribution in [0.5, 0.6) is 0 Å². The second-order valence-electron chi connectivity index (χ2n) is 10.2. The molecule has 2 amide bonds. The number of aliphatic hydroxyl groups is 1. The zero-order chi connectivity index (χ0) is 26.8. The molecule has 0 aromatic heterocycles. The molecule has 1 N–H and O–H groups in total. The van der Waals surface area contributed by atoms with E-state index < -0.39 is 33.3 Å². The van der Waals surface area contributed by atoms with Crippen molar-refractivity contribution in [2.45, 2.75) is 54.6 Å². The predicted octanol–water partition coefficient (Wildman–Crippen LogP) is 4.23. The van der Waals surface area contributed by atoms with Crippen LogP contribution in [0.3, 0.4) is 0 Å². The molecular formula is C28H35ClN2O5S. The average molecular weight is 547 g/mol. The summed E-state index contributed by atoms with van der Waals surface area (Å²) < 4.78 is 4.27. The van der Waals surface area contributed by atoms with Crippen LogP contribution >= 0.6 is 23.4 Å². The molecule has 3 saturated heterocycles. The van der Waals surface area contributed by atoms with Crippen molar-refractivity contribution in [2.24, 2.45) is 11.8 Å². The monoisotopic (exact) mass is 546 g/mol. The second-order valence-corrected chi connectivity index (χ2v) is 12.5. The smallest absolute Gasteiger partial charge is 0.311 e. The molecule has 1 aromatic carbocycles. The van der Waals surface area contributed by atoms with E-state index in [2.05, 4.69) is 13.2 Å². The SMILES string of the molecule is C=CCOC(=O)[C@@H]1[C@H]2C(=O)N(CCCCCO)C(C(=O)N(CC=C)c3ccc(Cl)cc3)C23CC[C@@]1(C)S3. The normalized spacial score (nSPS) is 29.8. The molecule has 4 rings (SSSR count). The first-order chi connectivity index (χ1) is 17.7. The van der Waals surface area contributed by atoms with E-state index in [0.717, 1.165) is 12.8 Å². The average Bonchev–Trinajstić information content (AvgIpc) is 3.44. The minimum Gasteiger partial charge on any atom is -0.461 e. The van der Waals surface area contributed by atoms with Crippen molar-refractivity contribution >= 4 is 46.8 Å². The molecule has 200 valence electrons. The number of halogens is 1. The lowest BCUT2D eigenvalue weighted by Gasteiger charge is -2.37. The summed E-state index contributed by atoms with van der Waals surface area (Å²) in [5.74, 6) is -2.00. The predicted molar refractivity (Wildman–Crippen MR) is 147 cm³/mol. The van der Waals surface area contributed by atoms with Gasteiger partial charge in [-0.25, -0.2) is 0 Å². The molecule has 3 aliphatic rings. The number of unbranched alkanes of at least 4 members (excludes halogenated alkanes) is 2. The summed E-state index contributed by atoms with van der Waals surface area (Å²) in [6.45, 7) is 10.3. The lowest BCUT2D eigenvalue weighted by Crippen LogP contribution is -2.55. The Kier molecular flexibility index (Phi) is 8.41. The summed E-state index contributed by atoms with van der Waals surface area (Å²) in [7, 11) is 0. The zero-order valence-electron chi connectivity index (χ0n) is 21.2. The zero-order valence-corrected chi connectivity index (χ0v) is 22.8. The third kappa shape index (κ3) is 4.84. The number of rotatable bonds is 12. The fourth-order valence-corrected chi connectivity index (χ4v) is 8.79. The van der Waals surface area contributed by atoms with Gasteiger partial charge in [-0.1, -0.05) is 30.3 Å². The summed E-state index contributed by atoms with van der Waals surface area (Å²) in [6.07, 6.45) is 6.61. The minimum absolute atomic E-state index is 0.0813. The number of aliphatic hydroxyl groups excluding tert-OH is 1. The molecule has 0 radical (unpaired) electrons. The van der Waals surface area contributed by atoms with Crippen molar-refractivity contribution in [3.8, 4) is 0 Å². The van der Waals surface area contributed by atoms with Crippen molar-refractivity contribution in [1.29, 1.82) is 0 Å². The molecular weight excluding hydrogens is 512 g/mol. The first-order valence-electron chi connectivity index (χ1n) is 12.8. The summed E-state index contributed by atoms with van der Waals surface area (Å²) in [6, 6.07) is 6.32. The Morgan fingerprint density at radius 1 is 1.22 bits per heavy atom. The quantitative estimate of drug-likeness (QED) is 0.240. The maximum atomic E-state index is 14.4. The molecule has 2 unspecified atom stereocenters. The van der Waals surface area contributed by atoms with Crippen molar-refractivity contribution in [3.05, 3.63) is 54.6 Å². The number of thioether (sulfide) groups is 1. The van der Waals surface area contributed by atoms with Gasteiger partial charge in [0.05, 0.1) is 16.6 Å². The summed E-state index contributed by atoms with van der Waals surface area (Å²) in [4.78, 5) is 45.1. The van der Waals surface area contributed by atoms with E-state index in [-0.39, 0.29) is 31.6 Å². The molecule has 3 heterocycles. The number of nitrogens with zero attached hydrogens (tertiary/aromatic N) is 2. The number of hydrogen-bond donors (Lipinski definition) is 1. The Morgan fingerprint density at radius 2 is 1.95 bits per heavy atom. The molecule has 1 spiro atoms. The minimum atomic E-state index is -0.723. The van der Waals surface area contributed by atoms with Crippen LogP contribution in [0.2, 0.25) is 5.02 Å². The number of ether oxygens (including phenoxy) is 1. The largest absolute Gasteiger partial charge is 0.461 e. The Labute approximate surface area is 227 Å². The number of carbonyl (C=O) groups excluding carboxylic acids is 3. The third-order valence-corrected chi connectivity index (χ3v) is 10.1. The summed E-state index contributed by atoms with van der Waals surface area (Å²) >= 11 is 7.72. The lowest BCUT2D eigenvalue weighted by atomic mass is 9.66. The van der Waals surface area contributed by atoms with Gasteiger partial charge in [-0.2, -0.15) is 0 Å². The fourth-order valence-electron chi connectivity index (χ4n) is 6.33. The van der Waals surface area contributed by atoms with Gasteiger partial charge in [0.15, 0.2) is 0 Å². The number of likely N-dealkylation sites (tertiary alicyclic amines) is 1. The molecule has 1 aromatic rings. The number of benzene rings is 1. The molecule has 3 fully saturated rings. The van der Waals surface area contributed by atoms with E-state index in [1.807, 2.05) is 6.92 Å². The molecule has 3 aliphatic heterocycles. The number of fused-ring (bicyclic) bond motifs is 1. The van der Waals surface area contributed by atoms with Gasteiger partial charge in [-0.15, -0.1) is 18.3 Å². The van der Waals surface area contributed by atoms with Crippen LogP contribution in [0.1, 0.15) is 39.0 Å². The van der Waals surface area contributed by atoms with Crippen LogP contribution in [0.15, 0.2) is 49.6 Å². The van der Waals surface area contributed by atoms with Gasteiger partial charge in [-0.05, 0) is 63.3 Å². The highest BCUT2D eigenvalue weighted by atomic mass is 35.5. The molecule has 0 aliphatic carbocycles. The summed E-state index contributed by atoms with van der Waals surface area (Å²) in [5.41, 5.74) is 0.674. The van der Waals surface area contributed by atoms with Crippen molar-refractivity contribution in [2.75, 3.05) is 31.2 Å². The Hall–Kier alpha value is -2.29. The first kappa shape index (κ1) is 27.7. The number of carbonyl (C=O) groups is 3. The van der Waals surface area contributed by atoms with Gasteiger partial charge < -0.3 is 19.6 Å². The summed E-state index contributed by atoms with van der Waals surface area (Å²) in [5, 5.41) is 9.78. The Morgan fingerprint density at radius 3 is 2.59 bits per heavy atom. The van der Waals surface area contributed by atoms with Gasteiger partial charge in [-0.3, -0.25) is 14.4 Å². The van der Waals surface area contributed by atoms with Crippen LogP contribution in [0, 0.1) is 11.8 Å². The van der Waals surface area contributed by atoms with E-state index in [4.69, 9.17) is 16.3 Å². The number of amides is 2. The van der Waals surface area contributed by atoms with Crippen LogP contribution in [-0.4, -0.2) is 69.6 Å². The second kappa shape index (κ2) is 11.2. The van der Waals surface area contributed by atoms with E-state index in [1.54, 1.807) is 51.9 Å². The van der Waals surface area contributed by atoms with Gasteiger partial charge in [0.1, 0.15) is 12.6 Å². The first-order valence-corrected chi connectivity index (χ1v) is 14.0. The van der Waals surface area contributed by atoms with Crippen LogP contribution in [-0.2, 0) is 19.1 Å². The van der Waals surface area contributed by atoms with Gasteiger partial charge in [0.2, 0.25) is 5.91 Å². The van der Waals surface area contributed by atoms with E-state index in [9.17, 15) is 19.5 Å². The van der Waals surface area contributed by atoms with Crippen LogP contribution < -0.4 is 4.90 Å². The van der Waals surface area contributed by atoms with Gasteiger partial charge >= 0.3 is 5.97 Å². The third-order valence-electron chi connectivity index (χ3n) is 7.88. The topological polar surface area (TPSA) is 87.1 Å². The van der Waals surface area contributed by atoms with Crippen LogP contribution in [0.25, 0.3) is 0 Å². The Bertz CT molecular complexity index is 1070. The van der Waals surface area contributed by atoms with Crippen molar-refractivity contribution < 1.29 is 24.2 Å². The molecule has 0 saturated carbocycles. The molecule has 9 heteroatoms. The Balaban J connectivity index is 1.74. The van der Waals surface area contributed by atoms with Gasteiger partial charge in [0, 0.05) is 35.2 Å². The number of anilines is 1. The molecule has 7 nitrogen and oxygen atoms in total. The maximum Gasteiger partial charge on any atom is 0.311 e. The maximum absolute atomic E-state index is 14.4. The molecule has 37 heavy (non-hydrogen) atoms. The van der Waals surface area contributed by atoms with E-state index in [1.165, 1.54) is 6.08 Å². The van der Waals surface area contributed by atoms with Crippen molar-refractivity contribution in [1.82, 2.24) is 4.90 Å². The number of hydrogen-bond acceptors (Lipinski definition) is 6. The lowest BCUT2D eigenvalue weighted by molar-refractivity contribution is -0.154. The highest BCUT2D eigenvalue weighted by Crippen LogP contribution is 2.71. The molecule has 2 bridgehead atoms. The van der Waals surface area contributed by atoms with Crippen molar-refractivity contribution in [3.63, 3.8) is 0 Å². The van der Waals surface area contributed by atoms with E-state index >= 15 is 0 Å². The highest BCUT2D eigenvalue weighted by molar-refractivity contribution is 8.02. The molecule has 5 atom stereocenters. The van der Waals surface area contributed by atoms with E-state index in [0.29, 0.717) is 36.5 Å². The number of esters is 1. The van der Waals surface area contributed by atoms with Crippen LogP contribution in [0.4, 0.5) is 5.69 Å². The van der Waals surface area contributed by atoms with Gasteiger partial charge in [0.25, 0.3) is 5.91 Å². The fraction of sp³-hybridized carbons (Fsp3) is 0.536. The highest BCUT2D eigenvalue weighted by Gasteiger charge is 2.77.